The van der Waals surface area contributed by atoms with Crippen LogP contribution in [-0.2, 0) is 26.0 Å². The van der Waals surface area contributed by atoms with Gasteiger partial charge in [-0.1, -0.05) is 6.07 Å². The number of piperidine rings is 1. The minimum absolute atomic E-state index is 0.0927. The highest BCUT2D eigenvalue weighted by molar-refractivity contribution is 7.89. The normalized spacial score (nSPS) is 15.9. The molecule has 0 saturated carbocycles. The van der Waals surface area contributed by atoms with Crippen LogP contribution < -0.4 is 5.32 Å². The number of carbonyl (C=O) groups is 1. The molecule has 4 rings (SSSR count). The van der Waals surface area contributed by atoms with Gasteiger partial charge in [0.15, 0.2) is 0 Å². The summed E-state index contributed by atoms with van der Waals surface area (Å²) < 4.78 is 35.9. The lowest BCUT2D eigenvalue weighted by Gasteiger charge is -2.31. The Morgan fingerprint density at radius 2 is 2.00 bits per heavy atom. The van der Waals surface area contributed by atoms with Gasteiger partial charge in [-0.05, 0) is 42.7 Å². The minimum Gasteiger partial charge on any atom is -0.388 e. The van der Waals surface area contributed by atoms with E-state index in [9.17, 15) is 13.2 Å². The van der Waals surface area contributed by atoms with Crippen molar-refractivity contribution in [1.29, 1.82) is 0 Å². The number of aromatic nitrogens is 2. The van der Waals surface area contributed by atoms with Crippen LogP contribution in [0.3, 0.4) is 0 Å². The highest BCUT2D eigenvalue weighted by Crippen LogP contribution is 2.34. The van der Waals surface area contributed by atoms with Crippen molar-refractivity contribution < 1.29 is 17.9 Å². The van der Waals surface area contributed by atoms with Crippen LogP contribution in [-0.4, -0.2) is 62.0 Å². The van der Waals surface area contributed by atoms with Crippen molar-refractivity contribution in [2.45, 2.75) is 30.3 Å². The largest absolute Gasteiger partial charge is 0.388 e. The Bertz CT molecular complexity index is 1200. The van der Waals surface area contributed by atoms with Crippen molar-refractivity contribution >= 4 is 27.5 Å². The molecule has 1 N–H and O–H groups in total. The van der Waals surface area contributed by atoms with Crippen molar-refractivity contribution in [3.05, 3.63) is 48.3 Å². The molecule has 0 amide bonds. The Hall–Kier alpha value is -2.75. The molecule has 0 radical (unpaired) electrons. The quantitative estimate of drug-likeness (QED) is 0.566. The number of hydrogen-bond acceptors (Lipinski definition) is 6. The van der Waals surface area contributed by atoms with Gasteiger partial charge in [-0.15, -0.1) is 0 Å². The summed E-state index contributed by atoms with van der Waals surface area (Å²) in [6, 6.07) is 9.09. The number of rotatable bonds is 7. The van der Waals surface area contributed by atoms with Crippen LogP contribution in [0.25, 0.3) is 16.6 Å². The van der Waals surface area contributed by atoms with E-state index in [2.05, 4.69) is 10.4 Å². The van der Waals surface area contributed by atoms with Crippen molar-refractivity contribution in [1.82, 2.24) is 13.9 Å². The number of nitrogens with zero attached hydrogens (tertiary/aromatic N) is 3. The topological polar surface area (TPSA) is 93.0 Å². The van der Waals surface area contributed by atoms with Gasteiger partial charge >= 0.3 is 0 Å². The minimum atomic E-state index is -3.71. The number of carbonyl (C=O) groups excluding carboxylic acids is 1. The van der Waals surface area contributed by atoms with Gasteiger partial charge in [0.2, 0.25) is 10.0 Å². The van der Waals surface area contributed by atoms with E-state index in [1.807, 2.05) is 24.3 Å². The molecule has 31 heavy (non-hydrogen) atoms. The Balaban J connectivity index is 1.80. The summed E-state index contributed by atoms with van der Waals surface area (Å²) in [7, 11) is -0.281. The van der Waals surface area contributed by atoms with Crippen LogP contribution in [0.1, 0.15) is 18.4 Å². The highest BCUT2D eigenvalue weighted by atomic mass is 32.2. The molecule has 0 aliphatic carbocycles. The maximum absolute atomic E-state index is 13.6. The van der Waals surface area contributed by atoms with Gasteiger partial charge < -0.3 is 14.8 Å². The molecule has 1 fully saturated rings. The van der Waals surface area contributed by atoms with Gasteiger partial charge in [-0.2, -0.15) is 9.40 Å². The van der Waals surface area contributed by atoms with E-state index >= 15 is 0 Å². The van der Waals surface area contributed by atoms with Gasteiger partial charge in [0.25, 0.3) is 0 Å². The predicted molar refractivity (Wildman–Crippen MR) is 119 cm³/mol. The summed E-state index contributed by atoms with van der Waals surface area (Å²) >= 11 is 0. The third-order valence-electron chi connectivity index (χ3n) is 5.84. The second-order valence-corrected chi connectivity index (χ2v) is 9.49. The standard InChI is InChI=1S/C22H26N4O4S/c1-23-18-3-4-20(16-5-11-26-21(13-16)17(8-12-27)15-24-26)22(14-18)31(28,29)25-9-6-19(30-2)7-10-25/h3-5,11-15,19,23H,6-10H2,1-2H3. The highest BCUT2D eigenvalue weighted by Gasteiger charge is 2.31. The second-order valence-electron chi connectivity index (χ2n) is 7.59. The number of aldehydes is 1. The van der Waals surface area contributed by atoms with E-state index < -0.39 is 10.0 Å². The first kappa shape index (κ1) is 21.5. The lowest BCUT2D eigenvalue weighted by atomic mass is 10.0. The number of anilines is 1. The zero-order chi connectivity index (χ0) is 22.0. The first-order valence-electron chi connectivity index (χ1n) is 10.2. The fraction of sp³-hybridized carbons (Fsp3) is 0.364. The van der Waals surface area contributed by atoms with Gasteiger partial charge in [0.05, 0.1) is 22.7 Å². The fourth-order valence-electron chi connectivity index (χ4n) is 4.02. The number of fused-ring (bicyclic) bond motifs is 1. The summed E-state index contributed by atoms with van der Waals surface area (Å²) in [4.78, 5) is 11.3. The Morgan fingerprint density at radius 3 is 2.68 bits per heavy atom. The molecule has 164 valence electrons. The van der Waals surface area contributed by atoms with Crippen molar-refractivity contribution in [3.63, 3.8) is 0 Å². The van der Waals surface area contributed by atoms with Gasteiger partial charge in [-0.3, -0.25) is 0 Å². The molecule has 0 unspecified atom stereocenters. The van der Waals surface area contributed by atoms with E-state index in [0.717, 1.165) is 28.6 Å². The summed E-state index contributed by atoms with van der Waals surface area (Å²) in [5, 5.41) is 7.30. The molecule has 0 atom stereocenters. The van der Waals surface area contributed by atoms with Crippen LogP contribution in [0.15, 0.2) is 47.6 Å². The Morgan fingerprint density at radius 1 is 1.23 bits per heavy atom. The predicted octanol–water partition coefficient (Wildman–Crippen LogP) is 2.58. The van der Waals surface area contributed by atoms with Crippen molar-refractivity contribution in [2.24, 2.45) is 0 Å². The molecular formula is C22H26N4O4S. The summed E-state index contributed by atoms with van der Waals surface area (Å²) in [5.74, 6) is 0. The Kier molecular flexibility index (Phi) is 6.08. The maximum atomic E-state index is 13.6. The fourth-order valence-corrected chi connectivity index (χ4v) is 5.73. The molecule has 3 aromatic rings. The molecule has 0 bridgehead atoms. The zero-order valence-electron chi connectivity index (χ0n) is 17.6. The van der Waals surface area contributed by atoms with Gasteiger partial charge in [0.1, 0.15) is 6.29 Å². The average molecular weight is 443 g/mol. The number of ether oxygens (including phenoxy) is 1. The summed E-state index contributed by atoms with van der Waals surface area (Å²) in [6.45, 7) is 0.852. The van der Waals surface area contributed by atoms with E-state index in [4.69, 9.17) is 4.74 Å². The average Bonchev–Trinajstić information content (AvgIpc) is 3.21. The van der Waals surface area contributed by atoms with E-state index in [1.165, 1.54) is 4.31 Å². The molecule has 1 aliphatic heterocycles. The second kappa shape index (κ2) is 8.78. The number of benzene rings is 1. The lowest BCUT2D eigenvalue weighted by Crippen LogP contribution is -2.40. The molecule has 0 spiro atoms. The number of sulfonamides is 1. The summed E-state index contributed by atoms with van der Waals surface area (Å²) in [5.41, 5.74) is 3.68. The third-order valence-corrected chi connectivity index (χ3v) is 7.78. The maximum Gasteiger partial charge on any atom is 0.243 e. The molecule has 1 aromatic carbocycles. The number of pyridine rings is 1. The van der Waals surface area contributed by atoms with E-state index in [-0.39, 0.29) is 17.4 Å². The molecule has 1 saturated heterocycles. The molecular weight excluding hydrogens is 416 g/mol. The number of hydrogen-bond donors (Lipinski definition) is 1. The van der Waals surface area contributed by atoms with Crippen molar-refractivity contribution in [2.75, 3.05) is 32.6 Å². The first-order valence-corrected chi connectivity index (χ1v) is 11.7. The number of nitrogens with one attached hydrogen (secondary N) is 1. The summed E-state index contributed by atoms with van der Waals surface area (Å²) in [6.07, 6.45) is 5.98. The molecule has 9 heteroatoms. The van der Waals surface area contributed by atoms with E-state index in [1.54, 1.807) is 37.1 Å². The van der Waals surface area contributed by atoms with E-state index in [0.29, 0.717) is 31.5 Å². The monoisotopic (exact) mass is 442 g/mol. The van der Waals surface area contributed by atoms with Crippen LogP contribution in [0.5, 0.6) is 0 Å². The third kappa shape index (κ3) is 4.08. The van der Waals surface area contributed by atoms with Crippen LogP contribution >= 0.6 is 0 Å². The molecule has 8 nitrogen and oxygen atoms in total. The van der Waals surface area contributed by atoms with Crippen LogP contribution in [0.2, 0.25) is 0 Å². The molecule has 3 heterocycles. The SMILES string of the molecule is CNc1ccc(-c2ccn3ncc(CC=O)c3c2)c(S(=O)(=O)N2CCC(OC)CC2)c1. The van der Waals surface area contributed by atoms with Crippen LogP contribution in [0, 0.1) is 0 Å². The zero-order valence-corrected chi connectivity index (χ0v) is 18.4. The smallest absolute Gasteiger partial charge is 0.243 e. The Labute approximate surface area is 181 Å². The van der Waals surface area contributed by atoms with Crippen molar-refractivity contribution in [3.8, 4) is 11.1 Å². The van der Waals surface area contributed by atoms with Crippen LogP contribution in [0.4, 0.5) is 5.69 Å². The lowest BCUT2D eigenvalue weighted by molar-refractivity contribution is -0.107. The van der Waals surface area contributed by atoms with Gasteiger partial charge in [-0.25, -0.2) is 12.9 Å². The molecule has 1 aliphatic rings. The first-order chi connectivity index (χ1) is 15.0. The molecule has 2 aromatic heterocycles. The number of methoxy groups -OCH3 is 1. The van der Waals surface area contributed by atoms with Gasteiger partial charge in [0, 0.05) is 56.7 Å².